The van der Waals surface area contributed by atoms with Crippen LogP contribution in [0.3, 0.4) is 0 Å². The minimum Gasteiger partial charge on any atom is -0.396 e. The van der Waals surface area contributed by atoms with E-state index in [1.165, 1.54) is 6.07 Å². The molecule has 12 heavy (non-hydrogen) atoms. The molecule has 1 unspecified atom stereocenters. The van der Waals surface area contributed by atoms with Gasteiger partial charge in [-0.25, -0.2) is 4.39 Å². The first-order valence-electron chi connectivity index (χ1n) is 3.95. The number of hydrogen-bond acceptors (Lipinski definition) is 2. The van der Waals surface area contributed by atoms with Crippen LogP contribution in [0.2, 0.25) is 0 Å². The summed E-state index contributed by atoms with van der Waals surface area (Å²) in [5.74, 6) is -0.387. The van der Waals surface area contributed by atoms with Gasteiger partial charge in [-0.05, 0) is 24.1 Å². The van der Waals surface area contributed by atoms with Crippen LogP contribution in [0.15, 0.2) is 18.2 Å². The highest BCUT2D eigenvalue weighted by Gasteiger charge is 2.05. The third-order valence-corrected chi connectivity index (χ3v) is 1.89. The van der Waals surface area contributed by atoms with E-state index in [0.717, 1.165) is 12.0 Å². The van der Waals surface area contributed by atoms with E-state index in [9.17, 15) is 4.39 Å². The number of nitrogen functional groups attached to an aromatic ring is 1. The zero-order chi connectivity index (χ0) is 9.14. The Kier molecular flexibility index (Phi) is 2.65. The first-order valence-corrected chi connectivity index (χ1v) is 3.95. The second-order valence-electron chi connectivity index (χ2n) is 2.80. The van der Waals surface area contributed by atoms with E-state index in [2.05, 4.69) is 0 Å². The third kappa shape index (κ3) is 1.74. The Morgan fingerprint density at radius 3 is 2.67 bits per heavy atom. The van der Waals surface area contributed by atoms with Crippen molar-refractivity contribution in [2.45, 2.75) is 19.4 Å². The van der Waals surface area contributed by atoms with Crippen molar-refractivity contribution in [1.29, 1.82) is 0 Å². The maximum absolute atomic E-state index is 12.7. The van der Waals surface area contributed by atoms with Crippen molar-refractivity contribution >= 4 is 5.69 Å². The molecule has 3 heteroatoms. The Balaban J connectivity index is 2.96. The second kappa shape index (κ2) is 3.54. The molecular formula is C9H13FN2. The van der Waals surface area contributed by atoms with Crippen molar-refractivity contribution < 1.29 is 4.39 Å². The van der Waals surface area contributed by atoms with Crippen LogP contribution in [0.5, 0.6) is 0 Å². The van der Waals surface area contributed by atoms with Gasteiger partial charge in [-0.2, -0.15) is 0 Å². The summed E-state index contributed by atoms with van der Waals surface area (Å²) in [6.07, 6.45) is 0.824. The Morgan fingerprint density at radius 2 is 2.17 bits per heavy atom. The van der Waals surface area contributed by atoms with Gasteiger partial charge in [0.2, 0.25) is 0 Å². The lowest BCUT2D eigenvalue weighted by atomic mass is 10.1. The van der Waals surface area contributed by atoms with Crippen LogP contribution in [0.1, 0.15) is 24.9 Å². The van der Waals surface area contributed by atoms with Crippen molar-refractivity contribution in [3.63, 3.8) is 0 Å². The van der Waals surface area contributed by atoms with Crippen LogP contribution >= 0.6 is 0 Å². The van der Waals surface area contributed by atoms with Crippen LogP contribution in [0.25, 0.3) is 0 Å². The van der Waals surface area contributed by atoms with E-state index < -0.39 is 0 Å². The van der Waals surface area contributed by atoms with Gasteiger partial charge in [-0.3, -0.25) is 0 Å². The van der Waals surface area contributed by atoms with E-state index >= 15 is 0 Å². The maximum Gasteiger partial charge on any atom is 0.146 e. The number of nitrogens with two attached hydrogens (primary N) is 2. The summed E-state index contributed by atoms with van der Waals surface area (Å²) in [5, 5.41) is 0. The fraction of sp³-hybridized carbons (Fsp3) is 0.333. The zero-order valence-electron chi connectivity index (χ0n) is 7.05. The van der Waals surface area contributed by atoms with Gasteiger partial charge in [-0.1, -0.05) is 13.0 Å². The molecule has 0 spiro atoms. The van der Waals surface area contributed by atoms with Gasteiger partial charge < -0.3 is 11.5 Å². The summed E-state index contributed by atoms with van der Waals surface area (Å²) in [4.78, 5) is 0. The Morgan fingerprint density at radius 1 is 1.50 bits per heavy atom. The molecule has 1 rings (SSSR count). The monoisotopic (exact) mass is 168 g/mol. The van der Waals surface area contributed by atoms with Gasteiger partial charge in [0.15, 0.2) is 0 Å². The fourth-order valence-electron chi connectivity index (χ4n) is 1.03. The average molecular weight is 168 g/mol. The lowest BCUT2D eigenvalue weighted by Crippen LogP contribution is -2.09. The molecule has 1 aromatic rings. The SMILES string of the molecule is CCC(N)c1ccc(F)c(N)c1. The molecule has 66 valence electrons. The Hall–Kier alpha value is -1.09. The van der Waals surface area contributed by atoms with E-state index in [1.807, 2.05) is 6.92 Å². The van der Waals surface area contributed by atoms with Gasteiger partial charge in [0.25, 0.3) is 0 Å². The van der Waals surface area contributed by atoms with Gasteiger partial charge in [0.05, 0.1) is 5.69 Å². The number of benzene rings is 1. The maximum atomic E-state index is 12.7. The standard InChI is InChI=1S/C9H13FN2/c1-2-8(11)6-3-4-7(10)9(12)5-6/h3-5,8H,2,11-12H2,1H3. The molecule has 0 saturated heterocycles. The van der Waals surface area contributed by atoms with Crippen molar-refractivity contribution in [3.05, 3.63) is 29.6 Å². The van der Waals surface area contributed by atoms with E-state index in [4.69, 9.17) is 11.5 Å². The molecule has 0 saturated carbocycles. The molecule has 0 radical (unpaired) electrons. The zero-order valence-corrected chi connectivity index (χ0v) is 7.05. The summed E-state index contributed by atoms with van der Waals surface area (Å²) in [5.41, 5.74) is 12.2. The second-order valence-corrected chi connectivity index (χ2v) is 2.80. The lowest BCUT2D eigenvalue weighted by molar-refractivity contribution is 0.628. The lowest BCUT2D eigenvalue weighted by Gasteiger charge is -2.09. The average Bonchev–Trinajstić information content (AvgIpc) is 2.08. The van der Waals surface area contributed by atoms with Gasteiger partial charge in [0, 0.05) is 6.04 Å². The Labute approximate surface area is 71.4 Å². The van der Waals surface area contributed by atoms with Crippen LogP contribution in [0, 0.1) is 5.82 Å². The smallest absolute Gasteiger partial charge is 0.146 e. The van der Waals surface area contributed by atoms with Crippen LogP contribution in [-0.4, -0.2) is 0 Å². The van der Waals surface area contributed by atoms with Crippen molar-refractivity contribution in [1.82, 2.24) is 0 Å². The minimum absolute atomic E-state index is 0.0482. The minimum atomic E-state index is -0.387. The quantitative estimate of drug-likeness (QED) is 0.662. The summed E-state index contributed by atoms with van der Waals surface area (Å²) < 4.78 is 12.7. The molecule has 1 atom stereocenters. The summed E-state index contributed by atoms with van der Waals surface area (Å²) in [6, 6.07) is 4.55. The number of anilines is 1. The molecular weight excluding hydrogens is 155 g/mol. The van der Waals surface area contributed by atoms with E-state index in [1.54, 1.807) is 12.1 Å². The molecule has 0 heterocycles. The van der Waals surface area contributed by atoms with Crippen LogP contribution in [-0.2, 0) is 0 Å². The van der Waals surface area contributed by atoms with Crippen molar-refractivity contribution in [2.75, 3.05) is 5.73 Å². The summed E-state index contributed by atoms with van der Waals surface area (Å²) in [6.45, 7) is 1.98. The Bertz CT molecular complexity index is 273. The molecule has 0 aliphatic rings. The van der Waals surface area contributed by atoms with Crippen molar-refractivity contribution in [3.8, 4) is 0 Å². The molecule has 0 aliphatic carbocycles. The first kappa shape index (κ1) is 9.00. The summed E-state index contributed by atoms with van der Waals surface area (Å²) in [7, 11) is 0. The molecule has 0 aliphatic heterocycles. The molecule has 0 fully saturated rings. The van der Waals surface area contributed by atoms with Crippen LogP contribution in [0.4, 0.5) is 10.1 Å². The number of rotatable bonds is 2. The number of hydrogen-bond donors (Lipinski definition) is 2. The molecule has 0 aromatic heterocycles. The highest BCUT2D eigenvalue weighted by atomic mass is 19.1. The predicted molar refractivity (Wildman–Crippen MR) is 48.0 cm³/mol. The summed E-state index contributed by atoms with van der Waals surface area (Å²) >= 11 is 0. The molecule has 1 aromatic carbocycles. The molecule has 0 amide bonds. The van der Waals surface area contributed by atoms with E-state index in [-0.39, 0.29) is 17.5 Å². The highest BCUT2D eigenvalue weighted by Crippen LogP contribution is 2.18. The van der Waals surface area contributed by atoms with Gasteiger partial charge >= 0.3 is 0 Å². The van der Waals surface area contributed by atoms with E-state index in [0.29, 0.717) is 0 Å². The largest absolute Gasteiger partial charge is 0.396 e. The topological polar surface area (TPSA) is 52.0 Å². The molecule has 4 N–H and O–H groups in total. The fourth-order valence-corrected chi connectivity index (χ4v) is 1.03. The first-order chi connectivity index (χ1) is 5.65. The van der Waals surface area contributed by atoms with Crippen LogP contribution < -0.4 is 11.5 Å². The predicted octanol–water partition coefficient (Wildman–Crippen LogP) is 1.82. The van der Waals surface area contributed by atoms with Crippen molar-refractivity contribution in [2.24, 2.45) is 5.73 Å². The third-order valence-electron chi connectivity index (χ3n) is 1.89. The highest BCUT2D eigenvalue weighted by molar-refractivity contribution is 5.43. The molecule has 0 bridgehead atoms. The van der Waals surface area contributed by atoms with Gasteiger partial charge in [0.1, 0.15) is 5.82 Å². The van der Waals surface area contributed by atoms with Gasteiger partial charge in [-0.15, -0.1) is 0 Å². The normalized spacial score (nSPS) is 12.9. The molecule has 2 nitrogen and oxygen atoms in total. The number of halogens is 1.